The van der Waals surface area contributed by atoms with Gasteiger partial charge in [0.15, 0.2) is 0 Å². The smallest absolute Gasteiger partial charge is 0.319 e. The van der Waals surface area contributed by atoms with Gasteiger partial charge in [-0.05, 0) is 47.7 Å². The van der Waals surface area contributed by atoms with Gasteiger partial charge in [-0.15, -0.1) is 0 Å². The lowest BCUT2D eigenvalue weighted by molar-refractivity contribution is 0.252. The number of amides is 2. The summed E-state index contributed by atoms with van der Waals surface area (Å²) in [6.45, 7) is 4.76. The summed E-state index contributed by atoms with van der Waals surface area (Å²) in [7, 11) is 0. The van der Waals surface area contributed by atoms with Gasteiger partial charge in [-0.3, -0.25) is 0 Å². The van der Waals surface area contributed by atoms with Crippen molar-refractivity contribution < 1.29 is 9.18 Å². The molecule has 0 spiro atoms. The van der Waals surface area contributed by atoms with Gasteiger partial charge < -0.3 is 10.6 Å². The Balaban J connectivity index is 1.76. The van der Waals surface area contributed by atoms with E-state index in [9.17, 15) is 9.18 Å². The largest absolute Gasteiger partial charge is 0.338 e. The van der Waals surface area contributed by atoms with Crippen LogP contribution < -0.4 is 10.6 Å². The van der Waals surface area contributed by atoms with Gasteiger partial charge in [0, 0.05) is 12.2 Å². The zero-order valence-electron chi connectivity index (χ0n) is 12.9. The lowest BCUT2D eigenvalue weighted by Gasteiger charge is -2.09. The van der Waals surface area contributed by atoms with Crippen molar-refractivity contribution in [3.8, 4) is 0 Å². The molecule has 2 N–H and O–H groups in total. The maximum Gasteiger partial charge on any atom is 0.319 e. The van der Waals surface area contributed by atoms with Gasteiger partial charge in [0.1, 0.15) is 5.82 Å². The van der Waals surface area contributed by atoms with Crippen LogP contribution in [0.4, 0.5) is 14.9 Å². The van der Waals surface area contributed by atoms with Gasteiger partial charge in [-0.25, -0.2) is 9.18 Å². The zero-order valence-corrected chi connectivity index (χ0v) is 12.9. The predicted molar refractivity (Wildman–Crippen MR) is 87.7 cm³/mol. The van der Waals surface area contributed by atoms with E-state index in [4.69, 9.17) is 0 Å². The van der Waals surface area contributed by atoms with E-state index in [1.807, 2.05) is 24.3 Å². The average Bonchev–Trinajstić information content (AvgIpc) is 2.50. The molecular formula is C18H21FN2O. The molecule has 0 bridgehead atoms. The number of carbonyl (C=O) groups excluding carboxylic acids is 1. The van der Waals surface area contributed by atoms with E-state index in [1.54, 1.807) is 12.1 Å². The minimum atomic E-state index is -0.251. The molecule has 2 aromatic rings. The Kier molecular flexibility index (Phi) is 5.53. The zero-order chi connectivity index (χ0) is 15.9. The third kappa shape index (κ3) is 4.88. The Bertz CT molecular complexity index is 606. The van der Waals surface area contributed by atoms with Crippen molar-refractivity contribution in [3.63, 3.8) is 0 Å². The van der Waals surface area contributed by atoms with Gasteiger partial charge in [-0.1, -0.05) is 38.1 Å². The monoisotopic (exact) mass is 300 g/mol. The van der Waals surface area contributed by atoms with Gasteiger partial charge in [0.25, 0.3) is 0 Å². The standard InChI is InChI=1S/C18H21FN2O/c1-13(2)15-5-9-17(10-6-15)21-18(22)20-12-11-14-3-7-16(19)8-4-14/h3-10,13H,11-12H2,1-2H3,(H2,20,21,22). The van der Waals surface area contributed by atoms with Crippen LogP contribution in [0.15, 0.2) is 48.5 Å². The van der Waals surface area contributed by atoms with Crippen LogP contribution in [0.1, 0.15) is 30.9 Å². The molecule has 0 fully saturated rings. The highest BCUT2D eigenvalue weighted by Crippen LogP contribution is 2.16. The summed E-state index contributed by atoms with van der Waals surface area (Å²) < 4.78 is 12.8. The van der Waals surface area contributed by atoms with Gasteiger partial charge >= 0.3 is 6.03 Å². The maximum atomic E-state index is 12.8. The van der Waals surface area contributed by atoms with E-state index < -0.39 is 0 Å². The van der Waals surface area contributed by atoms with Crippen molar-refractivity contribution in [1.29, 1.82) is 0 Å². The highest BCUT2D eigenvalue weighted by Gasteiger charge is 2.03. The van der Waals surface area contributed by atoms with Crippen molar-refractivity contribution in [2.45, 2.75) is 26.2 Å². The first-order valence-electron chi connectivity index (χ1n) is 7.44. The summed E-state index contributed by atoms with van der Waals surface area (Å²) >= 11 is 0. The molecule has 22 heavy (non-hydrogen) atoms. The van der Waals surface area contributed by atoms with Crippen LogP contribution in [0.25, 0.3) is 0 Å². The Morgan fingerprint density at radius 1 is 1.05 bits per heavy atom. The number of hydrogen-bond acceptors (Lipinski definition) is 1. The maximum absolute atomic E-state index is 12.8. The van der Waals surface area contributed by atoms with E-state index >= 15 is 0 Å². The number of carbonyl (C=O) groups is 1. The number of rotatable bonds is 5. The quantitative estimate of drug-likeness (QED) is 0.848. The molecule has 0 aromatic heterocycles. The SMILES string of the molecule is CC(C)c1ccc(NC(=O)NCCc2ccc(F)cc2)cc1. The molecule has 0 saturated carbocycles. The lowest BCUT2D eigenvalue weighted by Crippen LogP contribution is -2.30. The second-order valence-electron chi connectivity index (χ2n) is 5.53. The molecule has 2 aromatic carbocycles. The number of halogens is 1. The fourth-order valence-corrected chi connectivity index (χ4v) is 2.10. The number of anilines is 1. The Morgan fingerprint density at radius 3 is 2.27 bits per heavy atom. The third-order valence-electron chi connectivity index (χ3n) is 3.45. The average molecular weight is 300 g/mol. The van der Waals surface area contributed by atoms with Crippen LogP contribution in [0.3, 0.4) is 0 Å². The normalized spacial score (nSPS) is 10.5. The molecule has 116 valence electrons. The van der Waals surface area contributed by atoms with Gasteiger partial charge in [0.05, 0.1) is 0 Å². The molecule has 0 atom stereocenters. The number of benzene rings is 2. The van der Waals surface area contributed by atoms with Crippen molar-refractivity contribution >= 4 is 11.7 Å². The molecular weight excluding hydrogens is 279 g/mol. The highest BCUT2D eigenvalue weighted by molar-refractivity contribution is 5.89. The first-order chi connectivity index (χ1) is 10.5. The fourth-order valence-electron chi connectivity index (χ4n) is 2.10. The lowest BCUT2D eigenvalue weighted by atomic mass is 10.0. The Hall–Kier alpha value is -2.36. The summed E-state index contributed by atoms with van der Waals surface area (Å²) in [5.41, 5.74) is 2.99. The Labute approximate surface area is 130 Å². The van der Waals surface area contributed by atoms with Gasteiger partial charge in [0.2, 0.25) is 0 Å². The van der Waals surface area contributed by atoms with E-state index in [0.717, 1.165) is 11.3 Å². The molecule has 3 nitrogen and oxygen atoms in total. The van der Waals surface area contributed by atoms with Crippen molar-refractivity contribution in [1.82, 2.24) is 5.32 Å². The summed E-state index contributed by atoms with van der Waals surface area (Å²) in [6.07, 6.45) is 0.667. The highest BCUT2D eigenvalue weighted by atomic mass is 19.1. The molecule has 0 heterocycles. The predicted octanol–water partition coefficient (Wildman–Crippen LogP) is 4.31. The van der Waals surface area contributed by atoms with Crippen LogP contribution >= 0.6 is 0 Å². The van der Waals surface area contributed by atoms with Crippen molar-refractivity contribution in [3.05, 3.63) is 65.5 Å². The summed E-state index contributed by atoms with van der Waals surface area (Å²) in [4.78, 5) is 11.8. The summed E-state index contributed by atoms with van der Waals surface area (Å²) in [5.74, 6) is 0.220. The number of hydrogen-bond donors (Lipinski definition) is 2. The molecule has 0 saturated heterocycles. The van der Waals surface area contributed by atoms with Crippen LogP contribution in [-0.2, 0) is 6.42 Å². The first-order valence-corrected chi connectivity index (χ1v) is 7.44. The van der Waals surface area contributed by atoms with E-state index in [1.165, 1.54) is 17.7 Å². The van der Waals surface area contributed by atoms with E-state index in [0.29, 0.717) is 18.9 Å². The van der Waals surface area contributed by atoms with Crippen LogP contribution in [0, 0.1) is 5.82 Å². The molecule has 0 aliphatic heterocycles. The van der Waals surface area contributed by atoms with Crippen molar-refractivity contribution in [2.24, 2.45) is 0 Å². The van der Waals surface area contributed by atoms with E-state index in [-0.39, 0.29) is 11.8 Å². The molecule has 0 unspecified atom stereocenters. The first kappa shape index (κ1) is 16.0. The van der Waals surface area contributed by atoms with Gasteiger partial charge in [-0.2, -0.15) is 0 Å². The molecule has 0 aliphatic carbocycles. The van der Waals surface area contributed by atoms with E-state index in [2.05, 4.69) is 24.5 Å². The van der Waals surface area contributed by atoms with Crippen LogP contribution in [0.2, 0.25) is 0 Å². The minimum absolute atomic E-state index is 0.237. The second kappa shape index (κ2) is 7.59. The molecule has 0 aliphatic rings. The topological polar surface area (TPSA) is 41.1 Å². The van der Waals surface area contributed by atoms with Crippen molar-refractivity contribution in [2.75, 3.05) is 11.9 Å². The second-order valence-corrected chi connectivity index (χ2v) is 5.53. The number of nitrogens with one attached hydrogen (secondary N) is 2. The molecule has 2 amide bonds. The number of urea groups is 1. The molecule has 0 radical (unpaired) electrons. The minimum Gasteiger partial charge on any atom is -0.338 e. The Morgan fingerprint density at radius 2 is 1.68 bits per heavy atom. The van der Waals surface area contributed by atoms with Crippen LogP contribution in [0.5, 0.6) is 0 Å². The molecule has 4 heteroatoms. The fraction of sp³-hybridized carbons (Fsp3) is 0.278. The summed E-state index contributed by atoms with van der Waals surface area (Å²) in [5, 5.41) is 5.58. The summed E-state index contributed by atoms with van der Waals surface area (Å²) in [6, 6.07) is 13.9. The third-order valence-corrected chi connectivity index (χ3v) is 3.45. The van der Waals surface area contributed by atoms with Crippen LogP contribution in [-0.4, -0.2) is 12.6 Å². The molecule has 2 rings (SSSR count).